The highest BCUT2D eigenvalue weighted by Gasteiger charge is 2.30. The number of hydrogen-bond donors (Lipinski definition) is 3. The maximum atomic E-state index is 9.55. The van der Waals surface area contributed by atoms with E-state index in [1.54, 1.807) is 24.3 Å². The van der Waals surface area contributed by atoms with Crippen LogP contribution < -0.4 is 10.5 Å². The van der Waals surface area contributed by atoms with Gasteiger partial charge in [-0.05, 0) is 44.2 Å². The van der Waals surface area contributed by atoms with Crippen LogP contribution in [0.25, 0.3) is 33.8 Å². The number of halogens is 1. The third kappa shape index (κ3) is 3.79. The normalized spacial score (nSPS) is 11.9. The van der Waals surface area contributed by atoms with Gasteiger partial charge >= 0.3 is 0 Å². The second-order valence-corrected chi connectivity index (χ2v) is 7.65. The highest BCUT2D eigenvalue weighted by atomic mass is 35.5. The van der Waals surface area contributed by atoms with Crippen LogP contribution in [0, 0.1) is 6.92 Å². The van der Waals surface area contributed by atoms with Crippen molar-refractivity contribution < 1.29 is 23.9 Å². The maximum absolute atomic E-state index is 9.55. The summed E-state index contributed by atoms with van der Waals surface area (Å²) < 4.78 is 16.8. The van der Waals surface area contributed by atoms with Crippen LogP contribution in [-0.4, -0.2) is 40.2 Å². The third-order valence-electron chi connectivity index (χ3n) is 5.14. The molecule has 162 valence electrons. The molecule has 0 aliphatic rings. The number of hydrogen-bond acceptors (Lipinski definition) is 8. The summed E-state index contributed by atoms with van der Waals surface area (Å²) in [6.45, 7) is 3.37. The first kappa shape index (κ1) is 21.3. The first-order chi connectivity index (χ1) is 14.9. The van der Waals surface area contributed by atoms with Crippen LogP contribution in [-0.2, 0) is 5.54 Å². The summed E-state index contributed by atoms with van der Waals surface area (Å²) in [6.07, 6.45) is 0. The minimum atomic E-state index is -1.36. The molecule has 0 amide bonds. The first-order valence-electron chi connectivity index (χ1n) is 9.71. The number of aliphatic hydroxyl groups excluding tert-OH is 2. The van der Waals surface area contributed by atoms with Crippen molar-refractivity contribution in [1.29, 1.82) is 0 Å². The third-order valence-corrected chi connectivity index (χ3v) is 5.43. The second kappa shape index (κ2) is 8.32. The quantitative estimate of drug-likeness (QED) is 0.395. The summed E-state index contributed by atoms with van der Waals surface area (Å²) in [4.78, 5) is 4.50. The van der Waals surface area contributed by atoms with E-state index in [4.69, 9.17) is 31.0 Å². The first-order valence-corrected chi connectivity index (χ1v) is 10.1. The van der Waals surface area contributed by atoms with Crippen molar-refractivity contribution in [2.75, 3.05) is 19.8 Å². The Hall–Kier alpha value is -2.91. The van der Waals surface area contributed by atoms with E-state index in [0.717, 1.165) is 16.5 Å². The van der Waals surface area contributed by atoms with Crippen molar-refractivity contribution in [3.8, 4) is 28.6 Å². The van der Waals surface area contributed by atoms with Crippen molar-refractivity contribution in [3.63, 3.8) is 0 Å². The molecule has 2 aromatic carbocycles. The number of ether oxygens (including phenoxy) is 1. The van der Waals surface area contributed by atoms with Crippen LogP contribution in [0.1, 0.15) is 18.2 Å². The highest BCUT2D eigenvalue weighted by molar-refractivity contribution is 6.32. The molecule has 0 spiro atoms. The molecule has 0 aliphatic heterocycles. The molecule has 4 rings (SSSR count). The van der Waals surface area contributed by atoms with Gasteiger partial charge in [-0.3, -0.25) is 0 Å². The van der Waals surface area contributed by atoms with Gasteiger partial charge in [-0.2, -0.15) is 4.98 Å². The molecule has 0 saturated carbocycles. The summed E-state index contributed by atoms with van der Waals surface area (Å²) in [5.41, 5.74) is 7.41. The number of fused-ring (bicyclic) bond motifs is 1. The van der Waals surface area contributed by atoms with Crippen LogP contribution in [0.4, 0.5) is 0 Å². The number of benzene rings is 2. The van der Waals surface area contributed by atoms with E-state index >= 15 is 0 Å². The van der Waals surface area contributed by atoms with Gasteiger partial charge < -0.3 is 29.6 Å². The van der Waals surface area contributed by atoms with Gasteiger partial charge in [0.05, 0.1) is 24.8 Å². The van der Waals surface area contributed by atoms with Crippen molar-refractivity contribution in [2.45, 2.75) is 19.4 Å². The van der Waals surface area contributed by atoms with E-state index in [-0.39, 0.29) is 0 Å². The predicted octanol–water partition coefficient (Wildman–Crippen LogP) is 3.65. The standard InChI is InChI=1S/C22H22ClN3O5/c1-3-29-17-7-5-14(8-16(17)23)21-25-20(26-31-21)15-6-4-13-9-18(22(24,10-27)11-28)30-19(13)12(15)2/h4-9,27-28H,3,10-11,24H2,1-2H3. The van der Waals surface area contributed by atoms with Crippen molar-refractivity contribution in [3.05, 3.63) is 52.7 Å². The molecule has 0 radical (unpaired) electrons. The average molecular weight is 444 g/mol. The van der Waals surface area contributed by atoms with Gasteiger partial charge in [-0.15, -0.1) is 0 Å². The molecule has 4 N–H and O–H groups in total. The zero-order chi connectivity index (χ0) is 22.2. The average Bonchev–Trinajstić information content (AvgIpc) is 3.43. The van der Waals surface area contributed by atoms with Crippen LogP contribution >= 0.6 is 11.6 Å². The lowest BCUT2D eigenvalue weighted by Crippen LogP contribution is -2.43. The Bertz CT molecular complexity index is 1230. The molecule has 31 heavy (non-hydrogen) atoms. The topological polar surface area (TPSA) is 128 Å². The molecule has 0 fully saturated rings. The number of furan rings is 1. The maximum Gasteiger partial charge on any atom is 0.258 e. The van der Waals surface area contributed by atoms with E-state index in [2.05, 4.69) is 10.1 Å². The summed E-state index contributed by atoms with van der Waals surface area (Å²) in [6, 6.07) is 10.7. The Labute approximate surface area is 183 Å². The van der Waals surface area contributed by atoms with Crippen LogP contribution in [0.15, 0.2) is 45.3 Å². The van der Waals surface area contributed by atoms with Crippen molar-refractivity contribution in [2.24, 2.45) is 5.73 Å². The van der Waals surface area contributed by atoms with Crippen LogP contribution in [0.5, 0.6) is 5.75 Å². The predicted molar refractivity (Wildman–Crippen MR) is 116 cm³/mol. The number of rotatable bonds is 7. The molecule has 0 unspecified atom stereocenters. The van der Waals surface area contributed by atoms with Crippen molar-refractivity contribution >= 4 is 22.6 Å². The minimum absolute atomic E-state index is 0.297. The second-order valence-electron chi connectivity index (χ2n) is 7.24. The molecule has 0 aliphatic carbocycles. The van der Waals surface area contributed by atoms with E-state index in [0.29, 0.717) is 46.0 Å². The van der Waals surface area contributed by atoms with Gasteiger partial charge in [0.1, 0.15) is 22.6 Å². The van der Waals surface area contributed by atoms with Gasteiger partial charge in [0.15, 0.2) is 0 Å². The minimum Gasteiger partial charge on any atom is -0.492 e. The molecule has 8 nitrogen and oxygen atoms in total. The van der Waals surface area contributed by atoms with Crippen LogP contribution in [0.2, 0.25) is 5.02 Å². The summed E-state index contributed by atoms with van der Waals surface area (Å²) >= 11 is 6.26. The lowest BCUT2D eigenvalue weighted by molar-refractivity contribution is 0.105. The van der Waals surface area contributed by atoms with E-state index in [1.165, 1.54) is 0 Å². The molecule has 4 aromatic rings. The van der Waals surface area contributed by atoms with E-state index in [1.807, 2.05) is 26.0 Å². The van der Waals surface area contributed by atoms with Gasteiger partial charge in [-0.25, -0.2) is 0 Å². The highest BCUT2D eigenvalue weighted by Crippen LogP contribution is 2.35. The number of aromatic nitrogens is 2. The molecule has 0 saturated heterocycles. The summed E-state index contributed by atoms with van der Waals surface area (Å²) in [7, 11) is 0. The van der Waals surface area contributed by atoms with Crippen molar-refractivity contribution in [1.82, 2.24) is 10.1 Å². The fraction of sp³-hybridized carbons (Fsp3) is 0.273. The SMILES string of the molecule is CCOc1ccc(-c2nc(-c3ccc4cc(C(N)(CO)CO)oc4c3C)no2)cc1Cl. The number of aliphatic hydroxyl groups is 2. The smallest absolute Gasteiger partial charge is 0.258 e. The lowest BCUT2D eigenvalue weighted by atomic mass is 9.99. The Kier molecular flexibility index (Phi) is 5.72. The Morgan fingerprint density at radius 1 is 1.16 bits per heavy atom. The van der Waals surface area contributed by atoms with Gasteiger partial charge in [0.25, 0.3) is 5.89 Å². The Morgan fingerprint density at radius 3 is 2.61 bits per heavy atom. The summed E-state index contributed by atoms with van der Waals surface area (Å²) in [5, 5.41) is 24.4. The molecular weight excluding hydrogens is 422 g/mol. The molecule has 9 heteroatoms. The fourth-order valence-corrected chi connectivity index (χ4v) is 3.53. The zero-order valence-electron chi connectivity index (χ0n) is 17.1. The molecule has 2 heterocycles. The lowest BCUT2D eigenvalue weighted by Gasteiger charge is -2.21. The number of nitrogens with two attached hydrogens (primary N) is 1. The fourth-order valence-electron chi connectivity index (χ4n) is 3.29. The van der Waals surface area contributed by atoms with E-state index < -0.39 is 18.8 Å². The zero-order valence-corrected chi connectivity index (χ0v) is 17.8. The molecule has 2 aromatic heterocycles. The largest absolute Gasteiger partial charge is 0.492 e. The van der Waals surface area contributed by atoms with Crippen LogP contribution in [0.3, 0.4) is 0 Å². The molecule has 0 bridgehead atoms. The van der Waals surface area contributed by atoms with E-state index in [9.17, 15) is 10.2 Å². The Morgan fingerprint density at radius 2 is 1.94 bits per heavy atom. The monoisotopic (exact) mass is 443 g/mol. The van der Waals surface area contributed by atoms with Gasteiger partial charge in [-0.1, -0.05) is 22.8 Å². The number of aryl methyl sites for hydroxylation is 1. The van der Waals surface area contributed by atoms with Gasteiger partial charge in [0, 0.05) is 22.1 Å². The molecular formula is C22H22ClN3O5. The molecule has 0 atom stereocenters. The summed E-state index contributed by atoms with van der Waals surface area (Å²) in [5.74, 6) is 1.59. The van der Waals surface area contributed by atoms with Gasteiger partial charge in [0.2, 0.25) is 5.82 Å². The number of nitrogens with zero attached hydrogens (tertiary/aromatic N) is 2. The Balaban J connectivity index is 1.71.